The molecule has 0 radical (unpaired) electrons. The first-order chi connectivity index (χ1) is 8.15. The van der Waals surface area contributed by atoms with Crippen molar-refractivity contribution in [1.82, 2.24) is 5.32 Å². The maximum atomic E-state index is 11.4. The summed E-state index contributed by atoms with van der Waals surface area (Å²) in [5.41, 5.74) is 0. The van der Waals surface area contributed by atoms with Crippen molar-refractivity contribution < 1.29 is 19.4 Å². The second-order valence-corrected chi connectivity index (χ2v) is 4.22. The Bertz CT molecular complexity index is 290. The summed E-state index contributed by atoms with van der Waals surface area (Å²) in [5.74, 6) is -1.35. The van der Waals surface area contributed by atoms with Gasteiger partial charge in [-0.2, -0.15) is 0 Å². The fraction of sp³-hybridized carbons (Fsp3) is 0.667. The molecule has 1 aliphatic carbocycles. The van der Waals surface area contributed by atoms with Crippen LogP contribution in [0, 0.1) is 5.92 Å². The Labute approximate surface area is 101 Å². The lowest BCUT2D eigenvalue weighted by atomic mass is 9.95. The van der Waals surface area contributed by atoms with Crippen molar-refractivity contribution in [2.75, 3.05) is 6.61 Å². The van der Waals surface area contributed by atoms with E-state index in [-0.39, 0.29) is 12.6 Å². The van der Waals surface area contributed by atoms with Crippen molar-refractivity contribution in [3.8, 4) is 0 Å². The molecule has 2 N–H and O–H groups in total. The number of hydrogen-bond donors (Lipinski definition) is 2. The van der Waals surface area contributed by atoms with Crippen LogP contribution in [-0.2, 0) is 9.53 Å². The first-order valence-corrected chi connectivity index (χ1v) is 5.92. The Balaban J connectivity index is 2.54. The Kier molecular flexibility index (Phi) is 5.52. The standard InChI is InChI=1S/C12H19NO4/c1-2-8-17-12(16)13-10-7-5-3-4-6-9(10)11(14)15/h2,9-10H,1,3-8H2,(H,13,16)(H,14,15). The van der Waals surface area contributed by atoms with E-state index < -0.39 is 18.0 Å². The predicted octanol–water partition coefficient (Wildman–Crippen LogP) is 1.93. The van der Waals surface area contributed by atoms with Crippen molar-refractivity contribution in [2.45, 2.75) is 38.1 Å². The van der Waals surface area contributed by atoms with Crippen LogP contribution in [0.2, 0.25) is 0 Å². The van der Waals surface area contributed by atoms with E-state index in [4.69, 9.17) is 9.84 Å². The van der Waals surface area contributed by atoms with Crippen molar-refractivity contribution >= 4 is 12.1 Å². The number of nitrogens with one attached hydrogen (secondary N) is 1. The predicted molar refractivity (Wildman–Crippen MR) is 62.7 cm³/mol. The van der Waals surface area contributed by atoms with E-state index in [1.54, 1.807) is 0 Å². The van der Waals surface area contributed by atoms with Gasteiger partial charge in [0.2, 0.25) is 0 Å². The molecule has 1 fully saturated rings. The van der Waals surface area contributed by atoms with Crippen LogP contribution in [0.15, 0.2) is 12.7 Å². The SMILES string of the molecule is C=CCOC(=O)NC1CCCCCC1C(=O)O. The van der Waals surface area contributed by atoms with E-state index in [1.807, 2.05) is 0 Å². The monoisotopic (exact) mass is 241 g/mol. The van der Waals surface area contributed by atoms with Gasteiger partial charge in [-0.25, -0.2) is 4.79 Å². The summed E-state index contributed by atoms with van der Waals surface area (Å²) in [5, 5.41) is 11.7. The van der Waals surface area contributed by atoms with E-state index in [1.165, 1.54) is 6.08 Å². The molecular weight excluding hydrogens is 222 g/mol. The van der Waals surface area contributed by atoms with E-state index in [0.717, 1.165) is 19.3 Å². The number of hydrogen-bond acceptors (Lipinski definition) is 3. The molecule has 17 heavy (non-hydrogen) atoms. The Morgan fingerprint density at radius 1 is 1.35 bits per heavy atom. The molecule has 1 rings (SSSR count). The van der Waals surface area contributed by atoms with Crippen LogP contribution in [0.3, 0.4) is 0 Å². The lowest BCUT2D eigenvalue weighted by molar-refractivity contribution is -0.142. The van der Waals surface area contributed by atoms with Crippen LogP contribution in [0.25, 0.3) is 0 Å². The number of carboxylic acids is 1. The molecule has 2 atom stereocenters. The zero-order valence-electron chi connectivity index (χ0n) is 9.85. The Morgan fingerprint density at radius 3 is 2.71 bits per heavy atom. The van der Waals surface area contributed by atoms with Crippen LogP contribution in [-0.4, -0.2) is 29.8 Å². The van der Waals surface area contributed by atoms with Gasteiger partial charge in [-0.15, -0.1) is 0 Å². The van der Waals surface area contributed by atoms with Crippen LogP contribution in [0.4, 0.5) is 4.79 Å². The highest BCUT2D eigenvalue weighted by atomic mass is 16.5. The molecule has 0 heterocycles. The lowest BCUT2D eigenvalue weighted by Gasteiger charge is -2.22. The van der Waals surface area contributed by atoms with Gasteiger partial charge in [0.25, 0.3) is 0 Å². The molecule has 0 aliphatic heterocycles. The first kappa shape index (κ1) is 13.5. The van der Waals surface area contributed by atoms with Crippen molar-refractivity contribution in [3.63, 3.8) is 0 Å². The molecule has 5 heteroatoms. The minimum absolute atomic E-state index is 0.135. The van der Waals surface area contributed by atoms with Crippen molar-refractivity contribution in [1.29, 1.82) is 0 Å². The van der Waals surface area contributed by atoms with Gasteiger partial charge in [-0.3, -0.25) is 4.79 Å². The van der Waals surface area contributed by atoms with Gasteiger partial charge in [0.1, 0.15) is 6.61 Å². The van der Waals surface area contributed by atoms with E-state index in [9.17, 15) is 9.59 Å². The summed E-state index contributed by atoms with van der Waals surface area (Å²) >= 11 is 0. The molecule has 0 aromatic carbocycles. The molecule has 0 aromatic heterocycles. The molecule has 0 bridgehead atoms. The molecule has 1 aliphatic rings. The van der Waals surface area contributed by atoms with E-state index in [0.29, 0.717) is 12.8 Å². The largest absolute Gasteiger partial charge is 0.481 e. The summed E-state index contributed by atoms with van der Waals surface area (Å²) in [4.78, 5) is 22.5. The molecular formula is C12H19NO4. The normalized spacial score (nSPS) is 24.5. The van der Waals surface area contributed by atoms with Crippen LogP contribution < -0.4 is 5.32 Å². The van der Waals surface area contributed by atoms with Crippen molar-refractivity contribution in [3.05, 3.63) is 12.7 Å². The zero-order valence-corrected chi connectivity index (χ0v) is 9.85. The molecule has 96 valence electrons. The fourth-order valence-electron chi connectivity index (χ4n) is 2.10. The van der Waals surface area contributed by atoms with Crippen molar-refractivity contribution in [2.24, 2.45) is 5.92 Å². The minimum atomic E-state index is -0.846. The van der Waals surface area contributed by atoms with Gasteiger partial charge in [-0.1, -0.05) is 31.9 Å². The van der Waals surface area contributed by atoms with Gasteiger partial charge in [0.15, 0.2) is 0 Å². The molecule has 0 spiro atoms. The van der Waals surface area contributed by atoms with Gasteiger partial charge in [-0.05, 0) is 12.8 Å². The minimum Gasteiger partial charge on any atom is -0.481 e. The lowest BCUT2D eigenvalue weighted by Crippen LogP contribution is -2.43. The summed E-state index contributed by atoms with van der Waals surface area (Å²) < 4.78 is 4.80. The first-order valence-electron chi connectivity index (χ1n) is 5.92. The van der Waals surface area contributed by atoms with Gasteiger partial charge < -0.3 is 15.2 Å². The van der Waals surface area contributed by atoms with Gasteiger partial charge >= 0.3 is 12.1 Å². The van der Waals surface area contributed by atoms with Crippen LogP contribution >= 0.6 is 0 Å². The average molecular weight is 241 g/mol. The molecule has 1 saturated carbocycles. The second kappa shape index (κ2) is 6.93. The maximum Gasteiger partial charge on any atom is 0.407 e. The second-order valence-electron chi connectivity index (χ2n) is 4.22. The van der Waals surface area contributed by atoms with E-state index in [2.05, 4.69) is 11.9 Å². The third-order valence-electron chi connectivity index (χ3n) is 2.97. The quantitative estimate of drug-likeness (QED) is 0.582. The topological polar surface area (TPSA) is 75.6 Å². The molecule has 0 saturated heterocycles. The Morgan fingerprint density at radius 2 is 2.06 bits per heavy atom. The zero-order chi connectivity index (χ0) is 12.7. The summed E-state index contributed by atoms with van der Waals surface area (Å²) in [6.07, 6.45) is 5.07. The number of carbonyl (C=O) groups is 2. The van der Waals surface area contributed by atoms with Gasteiger partial charge in [0, 0.05) is 6.04 Å². The summed E-state index contributed by atoms with van der Waals surface area (Å²) in [6, 6.07) is -0.327. The van der Waals surface area contributed by atoms with Crippen LogP contribution in [0.5, 0.6) is 0 Å². The maximum absolute atomic E-state index is 11.4. The third-order valence-corrected chi connectivity index (χ3v) is 2.97. The number of ether oxygens (including phenoxy) is 1. The summed E-state index contributed by atoms with van der Waals surface area (Å²) in [7, 11) is 0. The molecule has 1 amide bonds. The summed E-state index contributed by atoms with van der Waals surface area (Å²) in [6.45, 7) is 3.57. The Hall–Kier alpha value is -1.52. The number of amides is 1. The highest BCUT2D eigenvalue weighted by Crippen LogP contribution is 2.23. The number of rotatable bonds is 4. The number of carbonyl (C=O) groups excluding carboxylic acids is 1. The molecule has 5 nitrogen and oxygen atoms in total. The third kappa shape index (κ3) is 4.46. The number of aliphatic carboxylic acids is 1. The molecule has 0 aromatic rings. The fourth-order valence-corrected chi connectivity index (χ4v) is 2.10. The smallest absolute Gasteiger partial charge is 0.407 e. The average Bonchev–Trinajstić information content (AvgIpc) is 2.51. The van der Waals surface area contributed by atoms with Gasteiger partial charge in [0.05, 0.1) is 5.92 Å². The molecule has 2 unspecified atom stereocenters. The number of carboxylic acid groups (broad SMARTS) is 1. The van der Waals surface area contributed by atoms with E-state index >= 15 is 0 Å². The number of alkyl carbamates (subject to hydrolysis) is 1. The van der Waals surface area contributed by atoms with Crippen LogP contribution in [0.1, 0.15) is 32.1 Å². The highest BCUT2D eigenvalue weighted by Gasteiger charge is 2.30. The highest BCUT2D eigenvalue weighted by molar-refractivity contribution is 5.73.